The van der Waals surface area contributed by atoms with Crippen molar-refractivity contribution < 1.29 is 42.7 Å². The van der Waals surface area contributed by atoms with Crippen molar-refractivity contribution in [2.45, 2.75) is 76.9 Å². The van der Waals surface area contributed by atoms with Gasteiger partial charge in [0.15, 0.2) is 0 Å². The summed E-state index contributed by atoms with van der Waals surface area (Å²) in [4.78, 5) is 23.8. The molecular weight excluding hydrogens is 509 g/mol. The van der Waals surface area contributed by atoms with Crippen molar-refractivity contribution in [3.63, 3.8) is 0 Å². The Hall–Kier alpha value is -1.58. The molecule has 0 saturated heterocycles. The molecule has 0 rings (SSSR count). The van der Waals surface area contributed by atoms with Gasteiger partial charge in [-0.25, -0.2) is 0 Å². The molecule has 0 saturated carbocycles. The van der Waals surface area contributed by atoms with Crippen molar-refractivity contribution in [2.24, 2.45) is 0 Å². The van der Waals surface area contributed by atoms with E-state index in [1.54, 1.807) is 6.08 Å². The third-order valence-electron chi connectivity index (χ3n) is 5.22. The van der Waals surface area contributed by atoms with Crippen LogP contribution in [0.15, 0.2) is 48.6 Å². The summed E-state index contributed by atoms with van der Waals surface area (Å²) in [6.07, 6.45) is 21.4. The van der Waals surface area contributed by atoms with Crippen LogP contribution >= 0.6 is 7.82 Å². The highest BCUT2D eigenvalue weighted by Crippen LogP contribution is 2.38. The first-order valence-corrected chi connectivity index (χ1v) is 15.0. The molecule has 0 fully saturated rings. The number of likely N-dealkylation sites (N-methyl/N-ethyl adjacent to an activating group) is 1. The van der Waals surface area contributed by atoms with Gasteiger partial charge in [-0.05, 0) is 38.5 Å². The minimum absolute atomic E-state index is 0.0341. The Morgan fingerprint density at radius 3 is 2.39 bits per heavy atom. The first kappa shape index (κ1) is 36.4. The van der Waals surface area contributed by atoms with Gasteiger partial charge in [0.25, 0.3) is 7.82 Å². The SMILES string of the molecule is CCCCC/C=C\C=C\[C@H](O)C/C=C\C/C=C\CCCC(=O)O[C@H](CO)COP(=O)([O-])OCC[N+](C)(C)C. The molecule has 38 heavy (non-hydrogen) atoms. The number of hydrogen-bond donors (Lipinski definition) is 2. The average molecular weight is 560 g/mol. The molecule has 0 bridgehead atoms. The molecule has 0 aliphatic rings. The lowest BCUT2D eigenvalue weighted by Gasteiger charge is -2.28. The van der Waals surface area contributed by atoms with E-state index in [2.05, 4.69) is 13.0 Å². The molecule has 0 aliphatic carbocycles. The molecule has 0 heterocycles. The van der Waals surface area contributed by atoms with E-state index in [9.17, 15) is 24.5 Å². The molecule has 0 aromatic heterocycles. The number of unbranched alkanes of at least 4 members (excludes halogenated alkanes) is 4. The van der Waals surface area contributed by atoms with Gasteiger partial charge in [0.05, 0.1) is 40.5 Å². The number of rotatable bonds is 23. The maximum atomic E-state index is 12.0. The quantitative estimate of drug-likeness (QED) is 0.0476. The van der Waals surface area contributed by atoms with E-state index in [1.165, 1.54) is 19.3 Å². The van der Waals surface area contributed by atoms with Crippen LogP contribution in [-0.2, 0) is 23.1 Å². The lowest BCUT2D eigenvalue weighted by molar-refractivity contribution is -0.870. The Balaban J connectivity index is 4.01. The standard InChI is InChI=1S/C28H50NO8P/c1-5-6-7-8-10-13-16-19-26(31)20-17-14-11-9-12-15-18-21-28(32)37-27(24-30)25-36-38(33,34)35-23-22-29(2,3)4/h9-10,12-14,16-17,19,26-27,30-31H,5-8,11,15,18,20-25H2,1-4H3/b12-9-,13-10-,17-14-,19-16+/t26-,27+/m0/s1. The van der Waals surface area contributed by atoms with Gasteiger partial charge in [0.1, 0.15) is 19.3 Å². The Bertz CT molecular complexity index is 773. The van der Waals surface area contributed by atoms with Crippen LogP contribution in [0, 0.1) is 0 Å². The van der Waals surface area contributed by atoms with E-state index in [1.807, 2.05) is 57.6 Å². The smallest absolute Gasteiger partial charge is 0.306 e. The summed E-state index contributed by atoms with van der Waals surface area (Å²) in [6, 6.07) is 0. The molecule has 3 atom stereocenters. The second kappa shape index (κ2) is 22.3. The zero-order valence-corrected chi connectivity index (χ0v) is 24.6. The number of carbonyl (C=O) groups excluding carboxylic acids is 1. The second-order valence-corrected chi connectivity index (χ2v) is 11.5. The lowest BCUT2D eigenvalue weighted by Crippen LogP contribution is -2.37. The highest BCUT2D eigenvalue weighted by Gasteiger charge is 2.19. The maximum Gasteiger partial charge on any atom is 0.306 e. The largest absolute Gasteiger partial charge is 0.756 e. The molecule has 0 aliphatic heterocycles. The molecule has 220 valence electrons. The van der Waals surface area contributed by atoms with Crippen LogP contribution in [0.3, 0.4) is 0 Å². The van der Waals surface area contributed by atoms with Crippen molar-refractivity contribution in [3.05, 3.63) is 48.6 Å². The Morgan fingerprint density at radius 1 is 1.00 bits per heavy atom. The first-order chi connectivity index (χ1) is 18.0. The zero-order valence-electron chi connectivity index (χ0n) is 23.7. The van der Waals surface area contributed by atoms with E-state index in [0.29, 0.717) is 30.3 Å². The summed E-state index contributed by atoms with van der Waals surface area (Å²) in [5, 5.41) is 19.3. The van der Waals surface area contributed by atoms with Crippen LogP contribution in [0.1, 0.15) is 64.7 Å². The molecule has 1 unspecified atom stereocenters. The fourth-order valence-corrected chi connectivity index (χ4v) is 3.68. The number of aliphatic hydroxyl groups is 2. The van der Waals surface area contributed by atoms with Gasteiger partial charge in [-0.1, -0.05) is 68.4 Å². The topological polar surface area (TPSA) is 125 Å². The summed E-state index contributed by atoms with van der Waals surface area (Å²) in [5.41, 5.74) is 0. The molecule has 0 radical (unpaired) electrons. The molecule has 10 heteroatoms. The van der Waals surface area contributed by atoms with Crippen LogP contribution in [-0.4, -0.2) is 80.4 Å². The number of esters is 1. The summed E-state index contributed by atoms with van der Waals surface area (Å²) >= 11 is 0. The number of hydrogen-bond acceptors (Lipinski definition) is 8. The van der Waals surface area contributed by atoms with E-state index < -0.39 is 39.2 Å². The molecule has 0 aromatic rings. The predicted molar refractivity (Wildman–Crippen MR) is 149 cm³/mol. The number of aliphatic hydroxyl groups excluding tert-OH is 2. The monoisotopic (exact) mass is 559 g/mol. The van der Waals surface area contributed by atoms with Crippen LogP contribution < -0.4 is 4.89 Å². The van der Waals surface area contributed by atoms with Crippen molar-refractivity contribution in [1.29, 1.82) is 0 Å². The van der Waals surface area contributed by atoms with Gasteiger partial charge in [-0.2, -0.15) is 0 Å². The van der Waals surface area contributed by atoms with Crippen LogP contribution in [0.25, 0.3) is 0 Å². The molecule has 9 nitrogen and oxygen atoms in total. The number of phosphoric ester groups is 1. The number of allylic oxidation sites excluding steroid dienone is 6. The fourth-order valence-electron chi connectivity index (χ4n) is 2.95. The van der Waals surface area contributed by atoms with Gasteiger partial charge in [-0.15, -0.1) is 0 Å². The lowest BCUT2D eigenvalue weighted by atomic mass is 10.2. The van der Waals surface area contributed by atoms with Gasteiger partial charge in [-0.3, -0.25) is 9.36 Å². The summed E-state index contributed by atoms with van der Waals surface area (Å²) in [6.45, 7) is 1.56. The molecule has 0 spiro atoms. The average Bonchev–Trinajstić information content (AvgIpc) is 2.84. The second-order valence-electron chi connectivity index (χ2n) is 10.1. The third kappa shape index (κ3) is 24.7. The predicted octanol–water partition coefficient (Wildman–Crippen LogP) is 4.21. The van der Waals surface area contributed by atoms with E-state index in [0.717, 1.165) is 12.8 Å². The zero-order chi connectivity index (χ0) is 28.7. The maximum absolute atomic E-state index is 12.0. The molecule has 2 N–H and O–H groups in total. The van der Waals surface area contributed by atoms with Gasteiger partial charge < -0.3 is 33.4 Å². The molecule has 0 aromatic carbocycles. The summed E-state index contributed by atoms with van der Waals surface area (Å²) < 4.78 is 27.0. The Labute approximate surface area is 229 Å². The number of carbonyl (C=O) groups is 1. The number of nitrogens with zero attached hydrogens (tertiary/aromatic N) is 1. The van der Waals surface area contributed by atoms with Crippen molar-refractivity contribution in [1.82, 2.24) is 0 Å². The fraction of sp³-hybridized carbons (Fsp3) is 0.679. The number of quaternary nitrogens is 1. The number of phosphoric acid groups is 1. The van der Waals surface area contributed by atoms with E-state index in [-0.39, 0.29) is 13.0 Å². The van der Waals surface area contributed by atoms with Gasteiger partial charge in [0, 0.05) is 6.42 Å². The first-order valence-electron chi connectivity index (χ1n) is 13.5. The normalized spacial score (nSPS) is 16.1. The highest BCUT2D eigenvalue weighted by molar-refractivity contribution is 7.45. The van der Waals surface area contributed by atoms with Gasteiger partial charge in [0.2, 0.25) is 0 Å². The van der Waals surface area contributed by atoms with Crippen LogP contribution in [0.2, 0.25) is 0 Å². The minimum atomic E-state index is -4.55. The highest BCUT2D eigenvalue weighted by atomic mass is 31.2. The van der Waals surface area contributed by atoms with Crippen LogP contribution in [0.5, 0.6) is 0 Å². The molecular formula is C28H50NO8P. The summed E-state index contributed by atoms with van der Waals surface area (Å²) in [7, 11) is 1.15. The Morgan fingerprint density at radius 2 is 1.71 bits per heavy atom. The minimum Gasteiger partial charge on any atom is -0.756 e. The summed E-state index contributed by atoms with van der Waals surface area (Å²) in [5.74, 6) is -0.537. The van der Waals surface area contributed by atoms with E-state index in [4.69, 9.17) is 13.8 Å². The van der Waals surface area contributed by atoms with Crippen molar-refractivity contribution in [2.75, 3.05) is 47.5 Å². The van der Waals surface area contributed by atoms with E-state index >= 15 is 0 Å². The van der Waals surface area contributed by atoms with Crippen molar-refractivity contribution in [3.8, 4) is 0 Å². The van der Waals surface area contributed by atoms with Gasteiger partial charge >= 0.3 is 5.97 Å². The number of ether oxygens (including phenoxy) is 1. The van der Waals surface area contributed by atoms with Crippen molar-refractivity contribution >= 4 is 13.8 Å². The Kier molecular flexibility index (Phi) is 21.3. The molecule has 0 amide bonds. The third-order valence-corrected chi connectivity index (χ3v) is 6.19. The van der Waals surface area contributed by atoms with Crippen LogP contribution in [0.4, 0.5) is 0 Å².